The van der Waals surface area contributed by atoms with E-state index in [1.807, 2.05) is 6.07 Å². The lowest BCUT2D eigenvalue weighted by Crippen LogP contribution is -1.84. The van der Waals surface area contributed by atoms with Gasteiger partial charge in [0.2, 0.25) is 0 Å². The number of halogens is 1. The standard InChI is InChI=1S/C7H5BrN2O/c8-5-1-4-3-10-11-7(4)2-6(5)9/h1-3H,9H2. The van der Waals surface area contributed by atoms with Crippen molar-refractivity contribution in [3.05, 3.63) is 22.8 Å². The quantitative estimate of drug-likeness (QED) is 0.682. The third-order valence-corrected chi connectivity index (χ3v) is 2.16. The highest BCUT2D eigenvalue weighted by Gasteiger charge is 2.01. The Bertz CT molecular complexity index is 360. The highest BCUT2D eigenvalue weighted by atomic mass is 79.9. The maximum absolute atomic E-state index is 5.61. The molecule has 0 unspecified atom stereocenters. The minimum absolute atomic E-state index is 0.661. The Labute approximate surface area is 71.3 Å². The van der Waals surface area contributed by atoms with Gasteiger partial charge in [-0.05, 0) is 22.0 Å². The van der Waals surface area contributed by atoms with Gasteiger partial charge in [0.1, 0.15) is 0 Å². The molecular formula is C7H5BrN2O. The van der Waals surface area contributed by atoms with Crippen LogP contribution in [0.25, 0.3) is 11.0 Å². The number of fused-ring (bicyclic) bond motifs is 1. The average Bonchev–Trinajstić information content (AvgIpc) is 2.36. The Morgan fingerprint density at radius 1 is 1.45 bits per heavy atom. The molecule has 0 saturated carbocycles. The van der Waals surface area contributed by atoms with Crippen LogP contribution in [0.4, 0.5) is 5.69 Å². The molecule has 1 aromatic carbocycles. The molecule has 4 heteroatoms. The first kappa shape index (κ1) is 6.67. The zero-order valence-electron chi connectivity index (χ0n) is 5.54. The van der Waals surface area contributed by atoms with Gasteiger partial charge in [-0.1, -0.05) is 5.16 Å². The number of nitrogens with two attached hydrogens (primary N) is 1. The summed E-state index contributed by atoms with van der Waals surface area (Å²) in [5.41, 5.74) is 6.99. The molecule has 56 valence electrons. The maximum Gasteiger partial charge on any atom is 0.168 e. The highest BCUT2D eigenvalue weighted by molar-refractivity contribution is 9.10. The van der Waals surface area contributed by atoms with Gasteiger partial charge in [0.05, 0.1) is 6.20 Å². The second-order valence-electron chi connectivity index (χ2n) is 2.24. The van der Waals surface area contributed by atoms with E-state index >= 15 is 0 Å². The van der Waals surface area contributed by atoms with E-state index in [0.29, 0.717) is 11.3 Å². The van der Waals surface area contributed by atoms with Gasteiger partial charge in [-0.25, -0.2) is 0 Å². The van der Waals surface area contributed by atoms with Crippen molar-refractivity contribution in [2.24, 2.45) is 0 Å². The number of aromatic nitrogens is 1. The number of hydrogen-bond acceptors (Lipinski definition) is 3. The highest BCUT2D eigenvalue weighted by Crippen LogP contribution is 2.25. The third-order valence-electron chi connectivity index (χ3n) is 1.47. The fourth-order valence-electron chi connectivity index (χ4n) is 0.904. The molecule has 0 aliphatic carbocycles. The first-order chi connectivity index (χ1) is 5.27. The molecule has 2 aromatic rings. The molecule has 0 amide bonds. The Morgan fingerprint density at radius 2 is 2.27 bits per heavy atom. The molecule has 0 fully saturated rings. The summed E-state index contributed by atoms with van der Waals surface area (Å²) in [6.45, 7) is 0. The molecule has 0 aliphatic rings. The van der Waals surface area contributed by atoms with Crippen LogP contribution < -0.4 is 5.73 Å². The summed E-state index contributed by atoms with van der Waals surface area (Å²) in [6, 6.07) is 3.62. The third kappa shape index (κ3) is 0.991. The predicted octanol–water partition coefficient (Wildman–Crippen LogP) is 2.17. The van der Waals surface area contributed by atoms with Crippen molar-refractivity contribution in [1.82, 2.24) is 5.16 Å². The smallest absolute Gasteiger partial charge is 0.168 e. The first-order valence-corrected chi connectivity index (χ1v) is 3.86. The Hall–Kier alpha value is -1.03. The van der Waals surface area contributed by atoms with Gasteiger partial charge in [-0.3, -0.25) is 0 Å². The largest absolute Gasteiger partial charge is 0.398 e. The summed E-state index contributed by atoms with van der Waals surface area (Å²) in [5.74, 6) is 0. The van der Waals surface area contributed by atoms with Crippen molar-refractivity contribution in [2.45, 2.75) is 0 Å². The Kier molecular flexibility index (Phi) is 1.35. The van der Waals surface area contributed by atoms with Gasteiger partial charge in [0, 0.05) is 21.6 Å². The van der Waals surface area contributed by atoms with E-state index in [1.165, 1.54) is 0 Å². The molecule has 1 heterocycles. The SMILES string of the molecule is Nc1cc2oncc2cc1Br. The van der Waals surface area contributed by atoms with E-state index in [9.17, 15) is 0 Å². The van der Waals surface area contributed by atoms with Gasteiger partial charge < -0.3 is 10.3 Å². The van der Waals surface area contributed by atoms with Crippen LogP contribution >= 0.6 is 15.9 Å². The second-order valence-corrected chi connectivity index (χ2v) is 3.09. The number of rotatable bonds is 0. The normalized spacial score (nSPS) is 10.6. The van der Waals surface area contributed by atoms with E-state index in [4.69, 9.17) is 10.3 Å². The van der Waals surface area contributed by atoms with Gasteiger partial charge in [0.25, 0.3) is 0 Å². The van der Waals surface area contributed by atoms with Crippen LogP contribution in [0.3, 0.4) is 0 Å². The lowest BCUT2D eigenvalue weighted by molar-refractivity contribution is 0.456. The van der Waals surface area contributed by atoms with E-state index in [1.54, 1.807) is 12.3 Å². The van der Waals surface area contributed by atoms with Crippen molar-refractivity contribution in [3.8, 4) is 0 Å². The van der Waals surface area contributed by atoms with E-state index in [0.717, 1.165) is 9.86 Å². The van der Waals surface area contributed by atoms with Gasteiger partial charge in [0.15, 0.2) is 5.58 Å². The van der Waals surface area contributed by atoms with E-state index in [2.05, 4.69) is 21.1 Å². The van der Waals surface area contributed by atoms with Gasteiger partial charge in [-0.2, -0.15) is 0 Å². The fraction of sp³-hybridized carbons (Fsp3) is 0. The maximum atomic E-state index is 5.61. The molecule has 0 spiro atoms. The van der Waals surface area contributed by atoms with Crippen LogP contribution in [-0.2, 0) is 0 Å². The summed E-state index contributed by atoms with van der Waals surface area (Å²) >= 11 is 3.31. The van der Waals surface area contributed by atoms with Crippen molar-refractivity contribution in [1.29, 1.82) is 0 Å². The number of benzene rings is 1. The summed E-state index contributed by atoms with van der Waals surface area (Å²) in [6.07, 6.45) is 1.65. The molecule has 0 radical (unpaired) electrons. The number of nitrogens with zero attached hydrogens (tertiary/aromatic N) is 1. The lowest BCUT2D eigenvalue weighted by atomic mass is 10.2. The van der Waals surface area contributed by atoms with Crippen molar-refractivity contribution in [2.75, 3.05) is 5.73 Å². The van der Waals surface area contributed by atoms with E-state index in [-0.39, 0.29) is 0 Å². The van der Waals surface area contributed by atoms with Crippen molar-refractivity contribution >= 4 is 32.6 Å². The van der Waals surface area contributed by atoms with E-state index < -0.39 is 0 Å². The molecule has 0 aliphatic heterocycles. The molecule has 0 saturated heterocycles. The van der Waals surface area contributed by atoms with Crippen LogP contribution in [0.5, 0.6) is 0 Å². The molecule has 2 rings (SSSR count). The zero-order valence-corrected chi connectivity index (χ0v) is 7.13. The monoisotopic (exact) mass is 212 g/mol. The van der Waals surface area contributed by atoms with Crippen molar-refractivity contribution < 1.29 is 4.52 Å². The fourth-order valence-corrected chi connectivity index (χ4v) is 1.27. The minimum Gasteiger partial charge on any atom is -0.398 e. The predicted molar refractivity (Wildman–Crippen MR) is 46.1 cm³/mol. The van der Waals surface area contributed by atoms with Crippen LogP contribution in [0.2, 0.25) is 0 Å². The molecule has 11 heavy (non-hydrogen) atoms. The van der Waals surface area contributed by atoms with Crippen LogP contribution in [0.1, 0.15) is 0 Å². The van der Waals surface area contributed by atoms with Crippen LogP contribution in [-0.4, -0.2) is 5.16 Å². The zero-order chi connectivity index (χ0) is 7.84. The summed E-state index contributed by atoms with van der Waals surface area (Å²) < 4.78 is 5.77. The topological polar surface area (TPSA) is 52.0 Å². The first-order valence-electron chi connectivity index (χ1n) is 3.07. The lowest BCUT2D eigenvalue weighted by Gasteiger charge is -1.94. The van der Waals surface area contributed by atoms with Gasteiger partial charge >= 0.3 is 0 Å². The number of anilines is 1. The minimum atomic E-state index is 0.661. The Morgan fingerprint density at radius 3 is 3.09 bits per heavy atom. The van der Waals surface area contributed by atoms with Crippen molar-refractivity contribution in [3.63, 3.8) is 0 Å². The average molecular weight is 213 g/mol. The molecule has 3 nitrogen and oxygen atoms in total. The number of nitrogen functional groups attached to an aromatic ring is 1. The van der Waals surface area contributed by atoms with Gasteiger partial charge in [-0.15, -0.1) is 0 Å². The molecule has 1 aromatic heterocycles. The summed E-state index contributed by atoms with van der Waals surface area (Å²) in [4.78, 5) is 0. The molecule has 0 atom stereocenters. The molecule has 2 N–H and O–H groups in total. The molecular weight excluding hydrogens is 208 g/mol. The summed E-state index contributed by atoms with van der Waals surface area (Å²) in [5, 5.41) is 4.58. The molecule has 0 bridgehead atoms. The second kappa shape index (κ2) is 2.23. The number of hydrogen-bond donors (Lipinski definition) is 1. The van der Waals surface area contributed by atoms with Crippen LogP contribution in [0.15, 0.2) is 27.3 Å². The van der Waals surface area contributed by atoms with Crippen LogP contribution in [0, 0.1) is 0 Å². The summed E-state index contributed by atoms with van der Waals surface area (Å²) in [7, 11) is 0. The Balaban J connectivity index is 2.86.